The average Bonchev–Trinajstić information content (AvgIpc) is 2.94. The van der Waals surface area contributed by atoms with Gasteiger partial charge in [-0.05, 0) is 56.7 Å². The Hall–Kier alpha value is -1.73. The Morgan fingerprint density at radius 1 is 0.966 bits per heavy atom. The number of aryl methyl sites for hydroxylation is 1. The Morgan fingerprint density at radius 2 is 1.59 bits per heavy atom. The molecule has 6 nitrogen and oxygen atoms in total. The van der Waals surface area contributed by atoms with Gasteiger partial charge in [-0.15, -0.1) is 0 Å². The van der Waals surface area contributed by atoms with Gasteiger partial charge in [0.1, 0.15) is 0 Å². The summed E-state index contributed by atoms with van der Waals surface area (Å²) in [4.78, 5) is 27.2. The van der Waals surface area contributed by atoms with Crippen LogP contribution in [0.1, 0.15) is 63.0 Å². The zero-order chi connectivity index (χ0) is 20.8. The number of rotatable bonds is 4. The van der Waals surface area contributed by atoms with Gasteiger partial charge in [0, 0.05) is 12.6 Å². The molecule has 2 aliphatic heterocycles. The van der Waals surface area contributed by atoms with Crippen LogP contribution >= 0.6 is 0 Å². The molecular formula is C22H30N2O4S. The predicted octanol–water partition coefficient (Wildman–Crippen LogP) is 3.23. The zero-order valence-corrected chi connectivity index (χ0v) is 18.1. The number of nitrogens with zero attached hydrogens (tertiary/aromatic N) is 2. The first-order chi connectivity index (χ1) is 13.8. The van der Waals surface area contributed by atoms with Crippen LogP contribution in [-0.4, -0.2) is 42.0 Å². The van der Waals surface area contributed by atoms with E-state index in [0.29, 0.717) is 22.6 Å². The number of amides is 2. The SMILES string of the molecule is Cc1ccc(CN2C(=O)[C@@H]3CCCC[C@H]3C2=O)cc1S(=O)(=O)N1CCCC[C@@H]1C. The van der Waals surface area contributed by atoms with Crippen molar-refractivity contribution in [2.45, 2.75) is 76.3 Å². The van der Waals surface area contributed by atoms with Crippen molar-refractivity contribution in [3.05, 3.63) is 29.3 Å². The van der Waals surface area contributed by atoms with Gasteiger partial charge in [0.05, 0.1) is 23.3 Å². The van der Waals surface area contributed by atoms with E-state index < -0.39 is 10.0 Å². The molecule has 3 fully saturated rings. The Bertz CT molecular complexity index is 903. The van der Waals surface area contributed by atoms with Gasteiger partial charge < -0.3 is 0 Å². The van der Waals surface area contributed by atoms with Crippen molar-refractivity contribution in [2.24, 2.45) is 11.8 Å². The second kappa shape index (κ2) is 7.84. The molecule has 7 heteroatoms. The number of hydrogen-bond acceptors (Lipinski definition) is 4. The highest BCUT2D eigenvalue weighted by Crippen LogP contribution is 2.39. The Labute approximate surface area is 173 Å². The first-order valence-electron chi connectivity index (χ1n) is 10.8. The molecule has 158 valence electrons. The molecule has 0 N–H and O–H groups in total. The number of sulfonamides is 1. The van der Waals surface area contributed by atoms with E-state index in [9.17, 15) is 18.0 Å². The van der Waals surface area contributed by atoms with E-state index in [1.54, 1.807) is 23.4 Å². The first kappa shape index (κ1) is 20.5. The largest absolute Gasteiger partial charge is 0.278 e. The quantitative estimate of drug-likeness (QED) is 0.704. The van der Waals surface area contributed by atoms with E-state index in [-0.39, 0.29) is 36.2 Å². The standard InChI is InChI=1S/C22H30N2O4S/c1-15-10-11-17(13-20(15)29(27,28)24-12-6-5-7-16(24)2)14-23-21(25)18-8-3-4-9-19(18)22(23)26/h10-11,13,16,18-19H,3-9,12,14H2,1-2H3/t16-,18+,19+/m0/s1. The Balaban J connectivity index is 1.60. The van der Waals surface area contributed by atoms with E-state index in [4.69, 9.17) is 0 Å². The fourth-order valence-corrected chi connectivity index (χ4v) is 7.12. The van der Waals surface area contributed by atoms with Crippen molar-refractivity contribution < 1.29 is 18.0 Å². The van der Waals surface area contributed by atoms with Crippen LogP contribution in [0, 0.1) is 18.8 Å². The summed E-state index contributed by atoms with van der Waals surface area (Å²) in [7, 11) is -3.60. The zero-order valence-electron chi connectivity index (χ0n) is 17.3. The number of carbonyl (C=O) groups excluding carboxylic acids is 2. The van der Waals surface area contributed by atoms with Crippen molar-refractivity contribution in [1.82, 2.24) is 9.21 Å². The molecule has 2 amide bonds. The maximum absolute atomic E-state index is 13.3. The molecule has 0 radical (unpaired) electrons. The van der Waals surface area contributed by atoms with E-state index in [2.05, 4.69) is 0 Å². The third-order valence-corrected chi connectivity index (χ3v) is 9.01. The smallest absolute Gasteiger partial charge is 0.243 e. The number of imide groups is 1. The first-order valence-corrected chi connectivity index (χ1v) is 12.2. The lowest BCUT2D eigenvalue weighted by Gasteiger charge is -2.32. The van der Waals surface area contributed by atoms with Gasteiger partial charge in [-0.1, -0.05) is 31.4 Å². The van der Waals surface area contributed by atoms with Crippen molar-refractivity contribution in [2.75, 3.05) is 6.54 Å². The van der Waals surface area contributed by atoms with Gasteiger partial charge in [-0.2, -0.15) is 4.31 Å². The minimum atomic E-state index is -3.60. The highest BCUT2D eigenvalue weighted by Gasteiger charge is 2.48. The van der Waals surface area contributed by atoms with E-state index >= 15 is 0 Å². The third-order valence-electron chi connectivity index (χ3n) is 6.85. The number of hydrogen-bond donors (Lipinski definition) is 0. The van der Waals surface area contributed by atoms with Gasteiger partial charge in [0.15, 0.2) is 0 Å². The van der Waals surface area contributed by atoms with E-state index in [1.807, 2.05) is 13.0 Å². The number of likely N-dealkylation sites (tertiary alicyclic amines) is 1. The molecule has 3 atom stereocenters. The summed E-state index contributed by atoms with van der Waals surface area (Å²) in [5, 5.41) is 0. The molecule has 0 aromatic heterocycles. The molecule has 1 aliphatic carbocycles. The molecule has 0 spiro atoms. The molecule has 2 heterocycles. The van der Waals surface area contributed by atoms with Crippen LogP contribution in [0.15, 0.2) is 23.1 Å². The molecule has 3 aliphatic rings. The fraction of sp³-hybridized carbons (Fsp3) is 0.636. The summed E-state index contributed by atoms with van der Waals surface area (Å²) < 4.78 is 28.2. The monoisotopic (exact) mass is 418 g/mol. The minimum Gasteiger partial charge on any atom is -0.278 e. The molecule has 0 bridgehead atoms. The second-order valence-electron chi connectivity index (χ2n) is 8.82. The number of carbonyl (C=O) groups is 2. The van der Waals surface area contributed by atoms with Crippen LogP contribution in [0.4, 0.5) is 0 Å². The normalized spacial score (nSPS) is 28.6. The minimum absolute atomic E-state index is 0.0123. The van der Waals surface area contributed by atoms with Crippen molar-refractivity contribution in [3.63, 3.8) is 0 Å². The lowest BCUT2D eigenvalue weighted by atomic mass is 9.81. The highest BCUT2D eigenvalue weighted by atomic mass is 32.2. The van der Waals surface area contributed by atoms with Crippen LogP contribution in [0.2, 0.25) is 0 Å². The predicted molar refractivity (Wildman–Crippen MR) is 109 cm³/mol. The molecule has 29 heavy (non-hydrogen) atoms. The Kier molecular flexibility index (Phi) is 5.55. The second-order valence-corrected chi connectivity index (χ2v) is 10.7. The lowest BCUT2D eigenvalue weighted by molar-refractivity contribution is -0.140. The highest BCUT2D eigenvalue weighted by molar-refractivity contribution is 7.89. The van der Waals surface area contributed by atoms with Crippen molar-refractivity contribution >= 4 is 21.8 Å². The van der Waals surface area contributed by atoms with Gasteiger partial charge >= 0.3 is 0 Å². The van der Waals surface area contributed by atoms with Crippen LogP contribution in [0.3, 0.4) is 0 Å². The summed E-state index contributed by atoms with van der Waals surface area (Å²) >= 11 is 0. The summed E-state index contributed by atoms with van der Waals surface area (Å²) in [6.45, 7) is 4.45. The topological polar surface area (TPSA) is 74.8 Å². The van der Waals surface area contributed by atoms with Crippen LogP contribution in [-0.2, 0) is 26.2 Å². The maximum Gasteiger partial charge on any atom is 0.243 e. The van der Waals surface area contributed by atoms with Crippen molar-refractivity contribution in [1.29, 1.82) is 0 Å². The summed E-state index contributed by atoms with van der Waals surface area (Å²) in [6.07, 6.45) is 6.36. The van der Waals surface area contributed by atoms with Gasteiger partial charge in [0.25, 0.3) is 0 Å². The number of piperidine rings is 1. The molecule has 1 saturated carbocycles. The molecule has 1 aromatic carbocycles. The molecular weight excluding hydrogens is 388 g/mol. The van der Waals surface area contributed by atoms with Gasteiger partial charge in [-0.3, -0.25) is 14.5 Å². The molecule has 4 rings (SSSR count). The van der Waals surface area contributed by atoms with Crippen LogP contribution in [0.5, 0.6) is 0 Å². The van der Waals surface area contributed by atoms with Crippen molar-refractivity contribution in [3.8, 4) is 0 Å². The molecule has 0 unspecified atom stereocenters. The summed E-state index contributed by atoms with van der Waals surface area (Å²) in [5.41, 5.74) is 1.39. The summed E-state index contributed by atoms with van der Waals surface area (Å²) in [6, 6.07) is 5.27. The molecule has 2 saturated heterocycles. The lowest BCUT2D eigenvalue weighted by Crippen LogP contribution is -2.42. The number of fused-ring (bicyclic) bond motifs is 1. The fourth-order valence-electron chi connectivity index (χ4n) is 5.15. The van der Waals surface area contributed by atoms with Crippen LogP contribution < -0.4 is 0 Å². The van der Waals surface area contributed by atoms with Gasteiger partial charge in [-0.25, -0.2) is 8.42 Å². The summed E-state index contributed by atoms with van der Waals surface area (Å²) in [5.74, 6) is -0.540. The van der Waals surface area contributed by atoms with E-state index in [1.165, 1.54) is 4.90 Å². The van der Waals surface area contributed by atoms with E-state index in [0.717, 1.165) is 44.9 Å². The maximum atomic E-state index is 13.3. The Morgan fingerprint density at radius 3 is 2.21 bits per heavy atom. The number of benzene rings is 1. The van der Waals surface area contributed by atoms with Gasteiger partial charge in [0.2, 0.25) is 21.8 Å². The third kappa shape index (κ3) is 3.63. The van der Waals surface area contributed by atoms with Crippen LogP contribution in [0.25, 0.3) is 0 Å². The molecule has 1 aromatic rings. The average molecular weight is 419 g/mol.